The first-order valence-corrected chi connectivity index (χ1v) is 5.32. The van der Waals surface area contributed by atoms with Crippen molar-refractivity contribution < 1.29 is 14.6 Å². The second-order valence-corrected chi connectivity index (χ2v) is 3.12. The molecule has 1 aromatic carbocycles. The molecule has 0 aliphatic rings. The van der Waals surface area contributed by atoms with Crippen molar-refractivity contribution in [3.05, 3.63) is 55.1 Å². The molecule has 1 aromatic rings. The highest BCUT2D eigenvalue weighted by Gasteiger charge is 2.02. The second-order valence-electron chi connectivity index (χ2n) is 3.12. The molecule has 1 unspecified atom stereocenters. The third kappa shape index (κ3) is 7.99. The summed E-state index contributed by atoms with van der Waals surface area (Å²) in [4.78, 5) is 10.3. The zero-order chi connectivity index (χ0) is 13.1. The first-order chi connectivity index (χ1) is 8.13. The van der Waals surface area contributed by atoms with Crippen molar-refractivity contribution in [3.63, 3.8) is 0 Å². The summed E-state index contributed by atoms with van der Waals surface area (Å²) in [6.07, 6.45) is 2.26. The van der Waals surface area contributed by atoms with E-state index >= 15 is 0 Å². The van der Waals surface area contributed by atoms with Crippen molar-refractivity contribution in [1.29, 1.82) is 0 Å². The van der Waals surface area contributed by atoms with E-state index in [2.05, 4.69) is 17.9 Å². The quantitative estimate of drug-likeness (QED) is 0.495. The lowest BCUT2D eigenvalue weighted by atomic mass is 10.2. The molecule has 0 spiro atoms. The van der Waals surface area contributed by atoms with Crippen molar-refractivity contribution in [2.24, 2.45) is 0 Å². The van der Waals surface area contributed by atoms with Crippen LogP contribution in [0.1, 0.15) is 18.9 Å². The summed E-state index contributed by atoms with van der Waals surface area (Å²) in [6, 6.07) is 10.0. The largest absolute Gasteiger partial charge is 0.433 e. The Morgan fingerprint density at radius 2 is 2.00 bits per heavy atom. The van der Waals surface area contributed by atoms with Crippen LogP contribution in [0.2, 0.25) is 0 Å². The summed E-state index contributed by atoms with van der Waals surface area (Å²) in [7, 11) is 0. The first-order valence-electron chi connectivity index (χ1n) is 5.32. The van der Waals surface area contributed by atoms with Gasteiger partial charge in [0.15, 0.2) is 0 Å². The molecule has 1 atom stereocenters. The number of hydrogen-bond donors (Lipinski definition) is 1. The number of benzene rings is 1. The van der Waals surface area contributed by atoms with Crippen molar-refractivity contribution in [2.45, 2.75) is 19.6 Å². The summed E-state index contributed by atoms with van der Waals surface area (Å²) in [5.41, 5.74) is 1.17. The van der Waals surface area contributed by atoms with E-state index in [0.29, 0.717) is 6.42 Å². The van der Waals surface area contributed by atoms with Gasteiger partial charge in [-0.05, 0) is 5.56 Å². The SMILES string of the molecule is C=CC(=O)OC(O)CC.C=Cc1ccccc1. The summed E-state index contributed by atoms with van der Waals surface area (Å²) in [6.45, 7) is 8.50. The van der Waals surface area contributed by atoms with Crippen LogP contribution in [-0.4, -0.2) is 17.4 Å². The molecular formula is C14H18O3. The maximum absolute atomic E-state index is 10.3. The van der Waals surface area contributed by atoms with Gasteiger partial charge in [0, 0.05) is 12.5 Å². The van der Waals surface area contributed by atoms with E-state index in [0.717, 1.165) is 6.08 Å². The number of hydrogen-bond acceptors (Lipinski definition) is 3. The number of esters is 1. The number of ether oxygens (including phenoxy) is 1. The summed E-state index contributed by atoms with van der Waals surface area (Å²) < 4.78 is 4.35. The lowest BCUT2D eigenvalue weighted by Crippen LogP contribution is -2.14. The number of aliphatic hydroxyl groups excluding tert-OH is 1. The van der Waals surface area contributed by atoms with Crippen LogP contribution in [0.25, 0.3) is 6.08 Å². The zero-order valence-corrected chi connectivity index (χ0v) is 10.0. The molecule has 1 rings (SSSR count). The highest BCUT2D eigenvalue weighted by molar-refractivity contribution is 5.81. The first kappa shape index (κ1) is 15.1. The van der Waals surface area contributed by atoms with Crippen LogP contribution >= 0.6 is 0 Å². The normalized spacial score (nSPS) is 10.5. The average Bonchev–Trinajstić information content (AvgIpc) is 2.40. The van der Waals surface area contributed by atoms with Crippen molar-refractivity contribution in [3.8, 4) is 0 Å². The van der Waals surface area contributed by atoms with Crippen LogP contribution < -0.4 is 0 Å². The molecule has 0 saturated carbocycles. The third-order valence-electron chi connectivity index (χ3n) is 1.80. The van der Waals surface area contributed by atoms with Gasteiger partial charge in [-0.15, -0.1) is 0 Å². The molecule has 0 heterocycles. The standard InChI is InChI=1S/C8H8.C6H10O3/c1-2-8-6-4-3-5-7-8;1-3-5(7)9-6(8)4-2/h2-7H,1H2;3,6,8H,1,4H2,2H3. The average molecular weight is 234 g/mol. The molecule has 0 aliphatic heterocycles. The van der Waals surface area contributed by atoms with Crippen molar-refractivity contribution in [1.82, 2.24) is 0 Å². The molecule has 1 N–H and O–H groups in total. The number of carbonyl (C=O) groups excluding carboxylic acids is 1. The minimum Gasteiger partial charge on any atom is -0.433 e. The molecule has 17 heavy (non-hydrogen) atoms. The minimum absolute atomic E-state index is 0.402. The lowest BCUT2D eigenvalue weighted by molar-refractivity contribution is -0.161. The van der Waals surface area contributed by atoms with E-state index < -0.39 is 12.3 Å². The van der Waals surface area contributed by atoms with Crippen molar-refractivity contribution in [2.75, 3.05) is 0 Å². The van der Waals surface area contributed by atoms with Crippen LogP contribution in [0.15, 0.2) is 49.6 Å². The van der Waals surface area contributed by atoms with Crippen molar-refractivity contribution >= 4 is 12.0 Å². The van der Waals surface area contributed by atoms with E-state index in [-0.39, 0.29) is 0 Å². The van der Waals surface area contributed by atoms with Crippen LogP contribution in [0, 0.1) is 0 Å². The van der Waals surface area contributed by atoms with E-state index in [9.17, 15) is 4.79 Å². The summed E-state index contributed by atoms with van der Waals surface area (Å²) in [5.74, 6) is -0.593. The molecule has 0 saturated heterocycles. The van der Waals surface area contributed by atoms with Gasteiger partial charge in [-0.3, -0.25) is 0 Å². The predicted octanol–water partition coefficient (Wildman–Crippen LogP) is 2.77. The topological polar surface area (TPSA) is 46.5 Å². The Morgan fingerprint density at radius 1 is 1.41 bits per heavy atom. The Morgan fingerprint density at radius 3 is 2.35 bits per heavy atom. The smallest absolute Gasteiger partial charge is 0.332 e. The fraction of sp³-hybridized carbons (Fsp3) is 0.214. The molecular weight excluding hydrogens is 216 g/mol. The van der Waals surface area contributed by atoms with Crippen LogP contribution in [0.4, 0.5) is 0 Å². The number of aliphatic hydroxyl groups is 1. The highest BCUT2D eigenvalue weighted by Crippen LogP contribution is 1.97. The van der Waals surface area contributed by atoms with Gasteiger partial charge >= 0.3 is 5.97 Å². The fourth-order valence-electron chi connectivity index (χ4n) is 0.855. The Balaban J connectivity index is 0.000000302. The Labute approximate surface area is 102 Å². The third-order valence-corrected chi connectivity index (χ3v) is 1.80. The van der Waals surface area contributed by atoms with E-state index in [1.54, 1.807) is 6.92 Å². The molecule has 0 bridgehead atoms. The lowest BCUT2D eigenvalue weighted by Gasteiger charge is -2.05. The summed E-state index contributed by atoms with van der Waals surface area (Å²) >= 11 is 0. The molecule has 92 valence electrons. The Kier molecular flexibility index (Phi) is 8.33. The molecule has 0 amide bonds. The predicted molar refractivity (Wildman–Crippen MR) is 69.1 cm³/mol. The van der Waals surface area contributed by atoms with Gasteiger partial charge in [0.05, 0.1) is 0 Å². The van der Waals surface area contributed by atoms with E-state index in [4.69, 9.17) is 5.11 Å². The molecule has 0 fully saturated rings. The molecule has 3 nitrogen and oxygen atoms in total. The minimum atomic E-state index is -0.990. The highest BCUT2D eigenvalue weighted by atomic mass is 16.6. The molecule has 0 aromatic heterocycles. The van der Waals surface area contributed by atoms with Gasteiger partial charge in [-0.25, -0.2) is 4.79 Å². The van der Waals surface area contributed by atoms with Gasteiger partial charge in [0.2, 0.25) is 6.29 Å². The van der Waals surface area contributed by atoms with E-state index in [1.165, 1.54) is 5.56 Å². The maximum Gasteiger partial charge on any atom is 0.332 e. The van der Waals surface area contributed by atoms with Crippen LogP contribution in [-0.2, 0) is 9.53 Å². The number of carbonyl (C=O) groups is 1. The van der Waals surface area contributed by atoms with Gasteiger partial charge in [0.25, 0.3) is 0 Å². The Bertz CT molecular complexity index is 344. The second kappa shape index (κ2) is 9.36. The zero-order valence-electron chi connectivity index (χ0n) is 10.0. The van der Waals surface area contributed by atoms with Crippen LogP contribution in [0.5, 0.6) is 0 Å². The Hall–Kier alpha value is -1.87. The van der Waals surface area contributed by atoms with Gasteiger partial charge in [-0.2, -0.15) is 0 Å². The maximum atomic E-state index is 10.3. The van der Waals surface area contributed by atoms with Gasteiger partial charge in [-0.1, -0.05) is 56.5 Å². The number of rotatable bonds is 4. The fourth-order valence-corrected chi connectivity index (χ4v) is 0.855. The van der Waals surface area contributed by atoms with Gasteiger partial charge < -0.3 is 9.84 Å². The van der Waals surface area contributed by atoms with Crippen LogP contribution in [0.3, 0.4) is 0 Å². The molecule has 0 radical (unpaired) electrons. The molecule has 3 heteroatoms. The van der Waals surface area contributed by atoms with E-state index in [1.807, 2.05) is 36.4 Å². The monoisotopic (exact) mass is 234 g/mol. The molecule has 0 aliphatic carbocycles. The summed E-state index contributed by atoms with van der Waals surface area (Å²) in [5, 5.41) is 8.67. The van der Waals surface area contributed by atoms with Gasteiger partial charge in [0.1, 0.15) is 0 Å².